The number of unbranched alkanes of at least 4 members (excludes halogenated alkanes) is 8. The number of quaternary nitrogens is 1. The molecule has 4 heteroatoms. The quantitative estimate of drug-likeness (QED) is 0.541. The number of carbonyl (C=O) groups excluding carboxylic acids is 1. The molecule has 0 amide bonds. The first-order chi connectivity index (χ1) is 8.68. The number of aliphatic hydroxyl groups excluding tert-OH is 1. The van der Waals surface area contributed by atoms with Gasteiger partial charge in [0, 0.05) is 5.97 Å². The molecule has 0 spiro atoms. The van der Waals surface area contributed by atoms with Crippen molar-refractivity contribution in [1.29, 1.82) is 0 Å². The molecule has 0 rings (SSSR count). The summed E-state index contributed by atoms with van der Waals surface area (Å²) in [5, 5.41) is 17.9. The van der Waals surface area contributed by atoms with Gasteiger partial charge in [0.2, 0.25) is 0 Å². The summed E-state index contributed by atoms with van der Waals surface area (Å²) in [5.41, 5.74) is 3.35. The number of rotatable bonds is 11. The fourth-order valence-corrected chi connectivity index (χ4v) is 1.58. The third-order valence-electron chi connectivity index (χ3n) is 2.64. The summed E-state index contributed by atoms with van der Waals surface area (Å²) in [6.45, 7) is 3.06. The van der Waals surface area contributed by atoms with E-state index < -0.39 is 5.97 Å². The number of carbonyl (C=O) groups is 1. The van der Waals surface area contributed by atoms with E-state index in [9.17, 15) is 9.90 Å². The van der Waals surface area contributed by atoms with Crippen molar-refractivity contribution < 1.29 is 20.7 Å². The lowest BCUT2D eigenvalue weighted by atomic mass is 10.1. The smallest absolute Gasteiger partial charge is 0.0974 e. The monoisotopic (exact) mass is 261 g/mol. The van der Waals surface area contributed by atoms with Crippen LogP contribution in [0.5, 0.6) is 0 Å². The third-order valence-corrected chi connectivity index (χ3v) is 2.64. The lowest BCUT2D eigenvalue weighted by molar-refractivity contribution is -0.372. The van der Waals surface area contributed by atoms with Gasteiger partial charge in [-0.25, -0.2) is 0 Å². The minimum absolute atomic E-state index is 0.208. The summed E-state index contributed by atoms with van der Waals surface area (Å²) >= 11 is 0. The van der Waals surface area contributed by atoms with Crippen molar-refractivity contribution in [3.63, 3.8) is 0 Å². The number of carboxylic acids is 1. The van der Waals surface area contributed by atoms with Crippen LogP contribution in [0.3, 0.4) is 0 Å². The Labute approximate surface area is 112 Å². The Balaban J connectivity index is 0. The van der Waals surface area contributed by atoms with Gasteiger partial charge in [-0.3, -0.25) is 0 Å². The zero-order valence-corrected chi connectivity index (χ0v) is 12.0. The van der Waals surface area contributed by atoms with E-state index in [4.69, 9.17) is 5.11 Å². The molecule has 0 aliphatic rings. The van der Waals surface area contributed by atoms with E-state index in [2.05, 4.69) is 12.7 Å². The third kappa shape index (κ3) is 24.6. The summed E-state index contributed by atoms with van der Waals surface area (Å²) in [5.74, 6) is -0.909. The minimum Gasteiger partial charge on any atom is -0.550 e. The minimum atomic E-state index is -0.909. The van der Waals surface area contributed by atoms with Crippen LogP contribution in [-0.4, -0.2) is 24.2 Å². The van der Waals surface area contributed by atoms with E-state index in [0.29, 0.717) is 6.54 Å². The molecule has 0 aliphatic carbocycles. The first-order valence-corrected chi connectivity index (χ1v) is 7.29. The molecule has 110 valence electrons. The van der Waals surface area contributed by atoms with E-state index in [1.54, 1.807) is 0 Å². The molecule has 4 N–H and O–H groups in total. The van der Waals surface area contributed by atoms with Gasteiger partial charge in [0.15, 0.2) is 0 Å². The second-order valence-electron chi connectivity index (χ2n) is 4.53. The Morgan fingerprint density at radius 1 is 1.00 bits per heavy atom. The zero-order chi connectivity index (χ0) is 14.1. The molecule has 18 heavy (non-hydrogen) atoms. The van der Waals surface area contributed by atoms with E-state index in [1.165, 1.54) is 44.9 Å². The van der Waals surface area contributed by atoms with E-state index >= 15 is 0 Å². The molecule has 0 aliphatic heterocycles. The molecular weight excluding hydrogens is 230 g/mol. The van der Waals surface area contributed by atoms with Crippen molar-refractivity contribution in [3.8, 4) is 0 Å². The average molecular weight is 261 g/mol. The molecule has 0 saturated carbocycles. The number of hydrogen-bond acceptors (Lipinski definition) is 3. The van der Waals surface area contributed by atoms with Gasteiger partial charge in [0.05, 0.1) is 13.2 Å². The molecule has 0 aromatic heterocycles. The van der Waals surface area contributed by atoms with Crippen molar-refractivity contribution in [1.82, 2.24) is 0 Å². The first-order valence-electron chi connectivity index (χ1n) is 7.29. The Bertz CT molecular complexity index is 161. The summed E-state index contributed by atoms with van der Waals surface area (Å²) in [6, 6.07) is 0. The average Bonchev–Trinajstić information content (AvgIpc) is 2.37. The van der Waals surface area contributed by atoms with Gasteiger partial charge in [-0.15, -0.1) is 0 Å². The summed E-state index contributed by atoms with van der Waals surface area (Å²) < 4.78 is 0. The molecule has 0 unspecified atom stereocenters. The van der Waals surface area contributed by atoms with E-state index in [-0.39, 0.29) is 13.0 Å². The van der Waals surface area contributed by atoms with E-state index in [1.807, 2.05) is 0 Å². The van der Waals surface area contributed by atoms with Crippen molar-refractivity contribution >= 4 is 5.97 Å². The molecule has 0 atom stereocenters. The first kappa shape index (κ1) is 19.7. The van der Waals surface area contributed by atoms with Crippen LogP contribution in [0.4, 0.5) is 0 Å². The lowest BCUT2D eigenvalue weighted by Crippen LogP contribution is -2.51. The second-order valence-corrected chi connectivity index (χ2v) is 4.53. The van der Waals surface area contributed by atoms with Crippen LogP contribution in [0.25, 0.3) is 0 Å². The molecule has 0 aromatic carbocycles. The van der Waals surface area contributed by atoms with Gasteiger partial charge < -0.3 is 20.7 Å². The Hall–Kier alpha value is -0.610. The second kappa shape index (κ2) is 18.7. The van der Waals surface area contributed by atoms with Crippen molar-refractivity contribution in [2.45, 2.75) is 71.1 Å². The van der Waals surface area contributed by atoms with Gasteiger partial charge in [0.25, 0.3) is 0 Å². The van der Waals surface area contributed by atoms with E-state index in [0.717, 1.165) is 12.8 Å². The van der Waals surface area contributed by atoms with Crippen LogP contribution in [0.15, 0.2) is 0 Å². The summed E-state index contributed by atoms with van der Waals surface area (Å²) in [7, 11) is 0. The normalized spacial score (nSPS) is 9.72. The molecule has 0 fully saturated rings. The highest BCUT2D eigenvalue weighted by atomic mass is 16.4. The Morgan fingerprint density at radius 2 is 1.39 bits per heavy atom. The Morgan fingerprint density at radius 3 is 1.72 bits per heavy atom. The fraction of sp³-hybridized carbons (Fsp3) is 0.929. The molecular formula is C14H31NO3. The van der Waals surface area contributed by atoms with Gasteiger partial charge in [-0.2, -0.15) is 0 Å². The number of aliphatic hydroxyl groups is 1. The predicted octanol–water partition coefficient (Wildman–Crippen LogP) is 0.878. The highest BCUT2D eigenvalue weighted by Crippen LogP contribution is 2.09. The fourth-order valence-electron chi connectivity index (χ4n) is 1.58. The van der Waals surface area contributed by atoms with Crippen LogP contribution >= 0.6 is 0 Å². The highest BCUT2D eigenvalue weighted by Gasteiger charge is 1.92. The zero-order valence-electron chi connectivity index (χ0n) is 12.0. The molecule has 0 heterocycles. The largest absolute Gasteiger partial charge is 0.550 e. The number of aliphatic carboxylic acids is 1. The van der Waals surface area contributed by atoms with Gasteiger partial charge in [0.1, 0.15) is 0 Å². The van der Waals surface area contributed by atoms with Gasteiger partial charge in [-0.05, 0) is 12.8 Å². The maximum atomic E-state index is 10.1. The SMILES string of the molecule is CCCCCCCCCCCC(=O)[O-].[NH3+]CCO. The van der Waals surface area contributed by atoms with Crippen molar-refractivity contribution in [2.75, 3.05) is 13.2 Å². The molecule has 0 bridgehead atoms. The van der Waals surface area contributed by atoms with Crippen LogP contribution in [0.2, 0.25) is 0 Å². The maximum Gasteiger partial charge on any atom is 0.0974 e. The van der Waals surface area contributed by atoms with Crippen LogP contribution in [-0.2, 0) is 4.79 Å². The molecule has 0 saturated heterocycles. The number of hydrogen-bond donors (Lipinski definition) is 2. The lowest BCUT2D eigenvalue weighted by Gasteiger charge is -2.02. The van der Waals surface area contributed by atoms with Crippen molar-refractivity contribution in [2.24, 2.45) is 0 Å². The maximum absolute atomic E-state index is 10.1. The summed E-state index contributed by atoms with van der Waals surface area (Å²) in [6.07, 6.45) is 11.2. The van der Waals surface area contributed by atoms with Crippen LogP contribution in [0, 0.1) is 0 Å². The topological polar surface area (TPSA) is 88.0 Å². The van der Waals surface area contributed by atoms with Crippen LogP contribution < -0.4 is 10.8 Å². The molecule has 0 aromatic rings. The van der Waals surface area contributed by atoms with Crippen molar-refractivity contribution in [3.05, 3.63) is 0 Å². The number of carboxylic acid groups (broad SMARTS) is 1. The predicted molar refractivity (Wildman–Crippen MR) is 71.7 cm³/mol. The summed E-state index contributed by atoms with van der Waals surface area (Å²) in [4.78, 5) is 10.1. The Kier molecular flexibility index (Phi) is 20.5. The standard InChI is InChI=1S/C12H24O2.C2H7NO/c1-2-3-4-5-6-7-8-9-10-11-12(13)14;3-1-2-4/h2-11H2,1H3,(H,13,14);4H,1-3H2. The van der Waals surface area contributed by atoms with Gasteiger partial charge >= 0.3 is 0 Å². The molecule has 0 radical (unpaired) electrons. The highest BCUT2D eigenvalue weighted by molar-refractivity contribution is 5.63. The van der Waals surface area contributed by atoms with Crippen LogP contribution in [0.1, 0.15) is 71.1 Å². The molecule has 4 nitrogen and oxygen atoms in total. The van der Waals surface area contributed by atoms with Gasteiger partial charge in [-0.1, -0.05) is 58.3 Å².